The molecule has 0 atom stereocenters. The van der Waals surface area contributed by atoms with Gasteiger partial charge in [-0.05, 0) is 36.4 Å². The molecule has 8 heteroatoms. The average molecular weight is 406 g/mol. The van der Waals surface area contributed by atoms with Crippen LogP contribution in [-0.2, 0) is 9.59 Å². The maximum Gasteiger partial charge on any atom is 0.259 e. The third kappa shape index (κ3) is 6.27. The van der Waals surface area contributed by atoms with Crippen molar-refractivity contribution >= 4 is 40.0 Å². The number of ether oxygens (including phenoxy) is 1. The fourth-order valence-electron chi connectivity index (χ4n) is 1.79. The summed E-state index contributed by atoms with van der Waals surface area (Å²) >= 11 is 3.35. The highest BCUT2D eigenvalue weighted by atomic mass is 79.9. The molecule has 0 aliphatic carbocycles. The molecule has 2 aromatic rings. The van der Waals surface area contributed by atoms with Gasteiger partial charge in [-0.1, -0.05) is 15.9 Å². The molecule has 7 nitrogen and oxygen atoms in total. The van der Waals surface area contributed by atoms with E-state index >= 15 is 0 Å². The van der Waals surface area contributed by atoms with Crippen LogP contribution in [0.1, 0.15) is 11.3 Å². The van der Waals surface area contributed by atoms with Gasteiger partial charge in [-0.15, -0.1) is 0 Å². The van der Waals surface area contributed by atoms with Gasteiger partial charge in [0, 0.05) is 16.1 Å². The lowest BCUT2D eigenvalue weighted by Crippen LogP contribution is -2.34. The smallest absolute Gasteiger partial charge is 0.259 e. The molecule has 0 saturated heterocycles. The molecule has 0 saturated carbocycles. The minimum absolute atomic E-state index is 0.200. The third-order valence-corrected chi connectivity index (χ3v) is 3.44. The van der Waals surface area contributed by atoms with Gasteiger partial charge in [0.15, 0.2) is 0 Å². The molecule has 0 radical (unpaired) electrons. The Balaban J connectivity index is 1.79. The lowest BCUT2D eigenvalue weighted by Gasteiger charge is -2.05. The average Bonchev–Trinajstić information content (AvgIpc) is 3.12. The maximum atomic E-state index is 11.7. The van der Waals surface area contributed by atoms with Crippen LogP contribution in [0.2, 0.25) is 0 Å². The van der Waals surface area contributed by atoms with Crippen molar-refractivity contribution in [2.75, 3.05) is 13.7 Å². The Labute approximate surface area is 152 Å². The molecule has 1 aromatic heterocycles. The summed E-state index contributed by atoms with van der Waals surface area (Å²) < 4.78 is 11.1. The summed E-state index contributed by atoms with van der Waals surface area (Å²) in [7, 11) is 1.55. The Bertz CT molecular complexity index is 785. The van der Waals surface area contributed by atoms with Crippen LogP contribution in [0.3, 0.4) is 0 Å². The van der Waals surface area contributed by atoms with E-state index in [4.69, 9.17) is 9.15 Å². The number of benzene rings is 1. The second-order valence-corrected chi connectivity index (χ2v) is 5.66. The number of furan rings is 1. The number of carbonyl (C=O) groups is 2. The largest absolute Gasteiger partial charge is 0.496 e. The number of rotatable bonds is 7. The molecule has 2 rings (SSSR count). The SMILES string of the molecule is COc1ccc(Br)cc1/C=N/NC(=O)CNC(=O)/C=C/c1ccco1. The Morgan fingerprint density at radius 1 is 1.36 bits per heavy atom. The summed E-state index contributed by atoms with van der Waals surface area (Å²) in [6, 6.07) is 8.83. The van der Waals surface area contributed by atoms with Gasteiger partial charge in [-0.25, -0.2) is 5.43 Å². The number of amides is 2. The second kappa shape index (κ2) is 9.43. The first-order valence-corrected chi connectivity index (χ1v) is 8.02. The Hall–Kier alpha value is -2.87. The quantitative estimate of drug-likeness (QED) is 0.419. The molecule has 1 aromatic carbocycles. The van der Waals surface area contributed by atoms with Crippen molar-refractivity contribution in [3.8, 4) is 5.75 Å². The fraction of sp³-hybridized carbons (Fsp3) is 0.118. The lowest BCUT2D eigenvalue weighted by atomic mass is 10.2. The van der Waals surface area contributed by atoms with E-state index in [2.05, 4.69) is 31.8 Å². The number of methoxy groups -OCH3 is 1. The zero-order chi connectivity index (χ0) is 18.1. The number of hydrogen-bond acceptors (Lipinski definition) is 5. The van der Waals surface area contributed by atoms with Crippen LogP contribution < -0.4 is 15.5 Å². The third-order valence-electron chi connectivity index (χ3n) is 2.95. The van der Waals surface area contributed by atoms with Gasteiger partial charge in [0.1, 0.15) is 11.5 Å². The minimum Gasteiger partial charge on any atom is -0.496 e. The summed E-state index contributed by atoms with van der Waals surface area (Å²) in [5.74, 6) is 0.305. The maximum absolute atomic E-state index is 11.7. The van der Waals surface area contributed by atoms with Crippen molar-refractivity contribution < 1.29 is 18.7 Å². The molecule has 0 aliphatic rings. The van der Waals surface area contributed by atoms with E-state index in [-0.39, 0.29) is 6.54 Å². The molecule has 1 heterocycles. The normalized spacial score (nSPS) is 11.0. The number of halogens is 1. The van der Waals surface area contributed by atoms with Crippen molar-refractivity contribution in [2.24, 2.45) is 5.10 Å². The first-order chi connectivity index (χ1) is 12.1. The van der Waals surface area contributed by atoms with Gasteiger partial charge in [-0.3, -0.25) is 9.59 Å². The van der Waals surface area contributed by atoms with Crippen molar-refractivity contribution in [1.29, 1.82) is 0 Å². The fourth-order valence-corrected chi connectivity index (χ4v) is 2.17. The van der Waals surface area contributed by atoms with E-state index in [1.54, 1.807) is 31.4 Å². The number of nitrogens with one attached hydrogen (secondary N) is 2. The molecule has 0 spiro atoms. The summed E-state index contributed by atoms with van der Waals surface area (Å²) in [6.45, 7) is -0.200. The van der Waals surface area contributed by atoms with Crippen LogP contribution in [0, 0.1) is 0 Å². The molecule has 25 heavy (non-hydrogen) atoms. The van der Waals surface area contributed by atoms with Gasteiger partial charge < -0.3 is 14.5 Å². The zero-order valence-corrected chi connectivity index (χ0v) is 14.9. The van der Waals surface area contributed by atoms with E-state index in [9.17, 15) is 9.59 Å². The monoisotopic (exact) mass is 405 g/mol. The topological polar surface area (TPSA) is 92.9 Å². The number of hydrazone groups is 1. The predicted molar refractivity (Wildman–Crippen MR) is 97.2 cm³/mol. The van der Waals surface area contributed by atoms with Crippen LogP contribution in [0.5, 0.6) is 5.75 Å². The van der Waals surface area contributed by atoms with E-state index in [1.165, 1.54) is 24.6 Å². The molecule has 0 unspecified atom stereocenters. The Morgan fingerprint density at radius 3 is 2.92 bits per heavy atom. The van der Waals surface area contributed by atoms with Crippen LogP contribution in [-0.4, -0.2) is 31.7 Å². The van der Waals surface area contributed by atoms with Crippen molar-refractivity contribution in [2.45, 2.75) is 0 Å². The van der Waals surface area contributed by atoms with Crippen LogP contribution in [0.4, 0.5) is 0 Å². The molecular weight excluding hydrogens is 390 g/mol. The van der Waals surface area contributed by atoms with Crippen molar-refractivity contribution in [1.82, 2.24) is 10.7 Å². The van der Waals surface area contributed by atoms with E-state index in [1.807, 2.05) is 6.07 Å². The van der Waals surface area contributed by atoms with Crippen molar-refractivity contribution in [3.63, 3.8) is 0 Å². The molecule has 0 fully saturated rings. The highest BCUT2D eigenvalue weighted by Crippen LogP contribution is 2.21. The minimum atomic E-state index is -0.454. The van der Waals surface area contributed by atoms with E-state index in [0.717, 1.165) is 4.47 Å². The van der Waals surface area contributed by atoms with E-state index < -0.39 is 11.8 Å². The Kier molecular flexibility index (Phi) is 6.97. The number of hydrogen-bond donors (Lipinski definition) is 2. The zero-order valence-electron chi connectivity index (χ0n) is 13.4. The number of nitrogens with zero attached hydrogens (tertiary/aromatic N) is 1. The molecule has 0 aliphatic heterocycles. The summed E-state index contributed by atoms with van der Waals surface area (Å²) in [6.07, 6.45) is 5.75. The first kappa shape index (κ1) is 18.5. The summed E-state index contributed by atoms with van der Waals surface area (Å²) in [5, 5.41) is 6.29. The Morgan fingerprint density at radius 2 is 2.20 bits per heavy atom. The standard InChI is InChI=1S/C17H16BrN3O4/c1-24-15-6-4-13(18)9-12(15)10-20-21-17(23)11-19-16(22)7-5-14-3-2-8-25-14/h2-10H,11H2,1H3,(H,19,22)(H,21,23)/b7-5+,20-10+. The predicted octanol–water partition coefficient (Wildman–Crippen LogP) is 2.33. The highest BCUT2D eigenvalue weighted by molar-refractivity contribution is 9.10. The molecule has 2 N–H and O–H groups in total. The lowest BCUT2D eigenvalue weighted by molar-refractivity contribution is -0.123. The van der Waals surface area contributed by atoms with Crippen molar-refractivity contribution in [3.05, 3.63) is 58.5 Å². The van der Waals surface area contributed by atoms with Gasteiger partial charge in [0.25, 0.3) is 5.91 Å². The van der Waals surface area contributed by atoms with Crippen LogP contribution in [0.25, 0.3) is 6.08 Å². The molecule has 130 valence electrons. The van der Waals surface area contributed by atoms with Gasteiger partial charge in [-0.2, -0.15) is 5.10 Å². The summed E-state index contributed by atoms with van der Waals surface area (Å²) in [4.78, 5) is 23.2. The van der Waals surface area contributed by atoms with Crippen LogP contribution >= 0.6 is 15.9 Å². The number of carbonyl (C=O) groups excluding carboxylic acids is 2. The summed E-state index contributed by atoms with van der Waals surface area (Å²) in [5.41, 5.74) is 3.03. The van der Waals surface area contributed by atoms with Gasteiger partial charge in [0.2, 0.25) is 5.91 Å². The van der Waals surface area contributed by atoms with E-state index in [0.29, 0.717) is 17.1 Å². The molecule has 0 bridgehead atoms. The van der Waals surface area contributed by atoms with Gasteiger partial charge in [0.05, 0.1) is 26.1 Å². The van der Waals surface area contributed by atoms with Crippen LogP contribution in [0.15, 0.2) is 56.7 Å². The van der Waals surface area contributed by atoms with Gasteiger partial charge >= 0.3 is 0 Å². The first-order valence-electron chi connectivity index (χ1n) is 7.23. The molecular formula is C17H16BrN3O4. The second-order valence-electron chi connectivity index (χ2n) is 4.75. The highest BCUT2D eigenvalue weighted by Gasteiger charge is 2.03. The molecule has 2 amide bonds.